The molecule has 1 aromatic carbocycles. The first kappa shape index (κ1) is 25.3. The van der Waals surface area contributed by atoms with Crippen LogP contribution in [-0.4, -0.2) is 82.9 Å². The van der Waals surface area contributed by atoms with Crippen LogP contribution in [0.15, 0.2) is 60.0 Å². The van der Waals surface area contributed by atoms with Crippen LogP contribution in [0.3, 0.4) is 0 Å². The summed E-state index contributed by atoms with van der Waals surface area (Å²) in [6, 6.07) is 6.41. The van der Waals surface area contributed by atoms with Gasteiger partial charge in [-0.2, -0.15) is 17.8 Å². The maximum absolute atomic E-state index is 13.8. The first-order valence-corrected chi connectivity index (χ1v) is 14.0. The van der Waals surface area contributed by atoms with Crippen LogP contribution in [0.2, 0.25) is 0 Å². The van der Waals surface area contributed by atoms with Gasteiger partial charge >= 0.3 is 6.18 Å². The smallest absolute Gasteiger partial charge is 0.433 e. The Balaban J connectivity index is 1.25. The third-order valence-corrected chi connectivity index (χ3v) is 8.53. The number of quaternary nitrogens is 1. The summed E-state index contributed by atoms with van der Waals surface area (Å²) in [6.45, 7) is 5.83. The summed E-state index contributed by atoms with van der Waals surface area (Å²) >= 11 is 1.77. The number of halogens is 3. The molecule has 0 aliphatic carbocycles. The van der Waals surface area contributed by atoms with E-state index >= 15 is 0 Å². The van der Waals surface area contributed by atoms with E-state index < -0.39 is 11.9 Å². The molecule has 0 radical (unpaired) electrons. The van der Waals surface area contributed by atoms with E-state index in [2.05, 4.69) is 16.2 Å². The molecule has 2 fully saturated rings. The highest BCUT2D eigenvalue weighted by Gasteiger charge is 2.48. The lowest BCUT2D eigenvalue weighted by molar-refractivity contribution is -0.948. The summed E-state index contributed by atoms with van der Waals surface area (Å²) < 4.78 is 47.6. The number of para-hydroxylation sites is 1. The quantitative estimate of drug-likeness (QED) is 0.521. The van der Waals surface area contributed by atoms with Crippen LogP contribution < -0.4 is 9.64 Å². The molecule has 4 aliphatic rings. The van der Waals surface area contributed by atoms with Crippen LogP contribution >= 0.6 is 11.8 Å². The molecular weight excluding hydrogens is 515 g/mol. The lowest BCUT2D eigenvalue weighted by atomic mass is 10.1. The lowest BCUT2D eigenvalue weighted by Gasteiger charge is -2.44. The summed E-state index contributed by atoms with van der Waals surface area (Å²) in [5, 5.41) is 2.95. The number of allylic oxidation sites excluding steroid dienone is 3. The van der Waals surface area contributed by atoms with Crippen LogP contribution in [0.4, 0.5) is 18.9 Å². The standard InChI is InChI=1S/C27H29F3N5O2S/c1-2-37-23-7-3-6-21-22(16-24(27(28,29)30)31-25(21)23)32-8-10-34(11-9-32)35-13-4-5-20(35)15-19(17-35)26(36)33-12-14-38-18-33/h3-7,13,15-16H,2,8-12,14,17-18H2,1H3/q+1/t35-/m1/s1. The normalized spacial score (nSPS) is 23.7. The number of amides is 1. The minimum Gasteiger partial charge on any atom is -0.492 e. The van der Waals surface area contributed by atoms with Crippen molar-refractivity contribution in [2.75, 3.05) is 62.4 Å². The van der Waals surface area contributed by atoms with Gasteiger partial charge in [-0.1, -0.05) is 12.1 Å². The second kappa shape index (κ2) is 9.62. The van der Waals surface area contributed by atoms with Crippen LogP contribution in [0.25, 0.3) is 10.9 Å². The highest BCUT2D eigenvalue weighted by molar-refractivity contribution is 7.99. The number of benzene rings is 1. The molecule has 1 amide bonds. The first-order chi connectivity index (χ1) is 18.3. The van der Waals surface area contributed by atoms with Gasteiger partial charge in [-0.05, 0) is 25.1 Å². The number of anilines is 1. The molecule has 0 bridgehead atoms. The van der Waals surface area contributed by atoms with E-state index in [-0.39, 0.29) is 11.4 Å². The molecule has 6 rings (SSSR count). The van der Waals surface area contributed by atoms with Crippen LogP contribution in [0.5, 0.6) is 5.75 Å². The van der Waals surface area contributed by atoms with Gasteiger partial charge in [0.1, 0.15) is 29.7 Å². The Morgan fingerprint density at radius 3 is 2.71 bits per heavy atom. The number of alkyl halides is 3. The van der Waals surface area contributed by atoms with Crippen molar-refractivity contribution in [3.8, 4) is 5.75 Å². The summed E-state index contributed by atoms with van der Waals surface area (Å²) in [7, 11) is 0. The van der Waals surface area contributed by atoms with Crippen LogP contribution in [-0.2, 0) is 11.0 Å². The molecule has 11 heteroatoms. The minimum atomic E-state index is -4.57. The Morgan fingerprint density at radius 2 is 2.00 bits per heavy atom. The van der Waals surface area contributed by atoms with Gasteiger partial charge in [0.25, 0.3) is 5.91 Å². The lowest BCUT2D eigenvalue weighted by Crippen LogP contribution is -2.60. The van der Waals surface area contributed by atoms with Gasteiger partial charge in [-0.25, -0.2) is 4.98 Å². The highest BCUT2D eigenvalue weighted by atomic mass is 32.2. The van der Waals surface area contributed by atoms with E-state index in [0.29, 0.717) is 60.7 Å². The maximum Gasteiger partial charge on any atom is 0.433 e. The second-order valence-electron chi connectivity index (χ2n) is 9.74. The van der Waals surface area contributed by atoms with Gasteiger partial charge in [0, 0.05) is 48.6 Å². The first-order valence-electron chi connectivity index (χ1n) is 12.8. The van der Waals surface area contributed by atoms with Crippen LogP contribution in [0, 0.1) is 0 Å². The molecule has 200 valence electrons. The number of rotatable bonds is 5. The Hall–Kier alpha value is -3.02. The molecule has 1 atom stereocenters. The molecule has 0 N–H and O–H groups in total. The number of thioether (sulfide) groups is 1. The highest BCUT2D eigenvalue weighted by Crippen LogP contribution is 2.40. The maximum atomic E-state index is 13.8. The molecule has 0 unspecified atom stereocenters. The zero-order valence-corrected chi connectivity index (χ0v) is 21.9. The summed E-state index contributed by atoms with van der Waals surface area (Å²) in [5.41, 5.74) is 1.69. The zero-order valence-electron chi connectivity index (χ0n) is 21.1. The van der Waals surface area contributed by atoms with Crippen molar-refractivity contribution in [1.82, 2.24) is 14.9 Å². The van der Waals surface area contributed by atoms with Crippen molar-refractivity contribution in [1.29, 1.82) is 0 Å². The SMILES string of the molecule is CCOc1cccc2c(N3CCN([N@@+]45C=CC=C4C=C(C(=O)N4CCSC4)C5)CC3)cc(C(F)(F)F)nc12. The van der Waals surface area contributed by atoms with E-state index in [1.165, 1.54) is 0 Å². The van der Waals surface area contributed by atoms with Crippen molar-refractivity contribution in [3.63, 3.8) is 0 Å². The fourth-order valence-electron chi connectivity index (χ4n) is 5.73. The van der Waals surface area contributed by atoms with Crippen LogP contribution in [0.1, 0.15) is 12.6 Å². The Labute approximate surface area is 223 Å². The molecular formula is C27H29F3N5O2S+. The zero-order chi connectivity index (χ0) is 26.5. The number of piperazine rings is 1. The molecule has 7 nitrogen and oxygen atoms in total. The van der Waals surface area contributed by atoms with E-state index in [0.717, 1.165) is 35.5 Å². The summed E-state index contributed by atoms with van der Waals surface area (Å²) in [6.07, 6.45) is 3.62. The third kappa shape index (κ3) is 4.26. The summed E-state index contributed by atoms with van der Waals surface area (Å²) in [4.78, 5) is 21.0. The Morgan fingerprint density at radius 1 is 1.18 bits per heavy atom. The van der Waals surface area contributed by atoms with Gasteiger partial charge in [0.15, 0.2) is 5.70 Å². The summed E-state index contributed by atoms with van der Waals surface area (Å²) in [5.74, 6) is 2.15. The average molecular weight is 545 g/mol. The predicted molar refractivity (Wildman–Crippen MR) is 141 cm³/mol. The fourth-order valence-corrected chi connectivity index (χ4v) is 6.67. The third-order valence-electron chi connectivity index (χ3n) is 7.57. The number of hydrogen-bond acceptors (Lipinski definition) is 6. The molecule has 1 aromatic heterocycles. The Bertz CT molecular complexity index is 1360. The van der Waals surface area contributed by atoms with Crippen molar-refractivity contribution >= 4 is 34.3 Å². The topological polar surface area (TPSA) is 48.9 Å². The molecule has 0 saturated carbocycles. The van der Waals surface area contributed by atoms with Gasteiger partial charge in [0.2, 0.25) is 0 Å². The molecule has 5 heterocycles. The van der Waals surface area contributed by atoms with Gasteiger partial charge in [-0.15, -0.1) is 16.8 Å². The number of ether oxygens (including phenoxy) is 1. The van der Waals surface area contributed by atoms with Crippen molar-refractivity contribution < 1.29 is 27.3 Å². The number of carbonyl (C=O) groups is 1. The molecule has 2 aromatic rings. The Kier molecular flexibility index (Phi) is 6.40. The number of fused-ring (bicyclic) bond motifs is 2. The van der Waals surface area contributed by atoms with Crippen molar-refractivity contribution in [2.24, 2.45) is 0 Å². The van der Waals surface area contributed by atoms with E-state index in [1.54, 1.807) is 36.9 Å². The molecule has 4 aliphatic heterocycles. The number of nitrogens with zero attached hydrogens (tertiary/aromatic N) is 5. The monoisotopic (exact) mass is 544 g/mol. The largest absolute Gasteiger partial charge is 0.492 e. The van der Waals surface area contributed by atoms with Gasteiger partial charge in [0.05, 0.1) is 31.1 Å². The van der Waals surface area contributed by atoms with E-state index in [1.807, 2.05) is 28.0 Å². The second-order valence-corrected chi connectivity index (χ2v) is 10.8. The fraction of sp³-hybridized carbons (Fsp3) is 0.407. The number of carbonyl (C=O) groups excluding carboxylic acids is 1. The molecule has 2 saturated heterocycles. The predicted octanol–water partition coefficient (Wildman–Crippen LogP) is 4.39. The number of aromatic nitrogens is 1. The van der Waals surface area contributed by atoms with Gasteiger partial charge in [-0.3, -0.25) is 4.79 Å². The minimum absolute atomic E-state index is 0.0999. The number of pyridine rings is 1. The average Bonchev–Trinajstić information content (AvgIpc) is 3.65. The van der Waals surface area contributed by atoms with Gasteiger partial charge < -0.3 is 14.5 Å². The molecule has 38 heavy (non-hydrogen) atoms. The number of hydrogen-bond donors (Lipinski definition) is 0. The molecule has 0 spiro atoms. The van der Waals surface area contributed by atoms with E-state index in [9.17, 15) is 18.0 Å². The van der Waals surface area contributed by atoms with Crippen molar-refractivity contribution in [2.45, 2.75) is 13.1 Å². The van der Waals surface area contributed by atoms with Crippen molar-refractivity contribution in [3.05, 3.63) is 65.7 Å². The van der Waals surface area contributed by atoms with E-state index in [4.69, 9.17) is 4.74 Å².